The van der Waals surface area contributed by atoms with Gasteiger partial charge in [-0.15, -0.1) is 0 Å². The molecule has 2 unspecified atom stereocenters. The molecule has 8 heteroatoms. The Bertz CT molecular complexity index is 714. The van der Waals surface area contributed by atoms with Crippen molar-refractivity contribution < 1.29 is 23.9 Å². The van der Waals surface area contributed by atoms with Crippen molar-refractivity contribution in [2.75, 3.05) is 13.7 Å². The van der Waals surface area contributed by atoms with Gasteiger partial charge >= 0.3 is 12.1 Å². The third-order valence-electron chi connectivity index (χ3n) is 4.34. The van der Waals surface area contributed by atoms with E-state index in [1.807, 2.05) is 0 Å². The molecule has 1 aliphatic rings. The molecule has 1 N–H and O–H groups in total. The van der Waals surface area contributed by atoms with Crippen LogP contribution in [0.4, 0.5) is 4.79 Å². The van der Waals surface area contributed by atoms with E-state index in [1.54, 1.807) is 45.0 Å². The molecule has 1 aromatic carbocycles. The van der Waals surface area contributed by atoms with Gasteiger partial charge in [0.15, 0.2) is 0 Å². The highest BCUT2D eigenvalue weighted by Crippen LogP contribution is 2.21. The quantitative estimate of drug-likeness (QED) is 0.754. The highest BCUT2D eigenvalue weighted by molar-refractivity contribution is 6.30. The van der Waals surface area contributed by atoms with Gasteiger partial charge < -0.3 is 14.8 Å². The lowest BCUT2D eigenvalue weighted by Gasteiger charge is -2.28. The zero-order valence-corrected chi connectivity index (χ0v) is 17.4. The number of carbonyl (C=O) groups is 3. The van der Waals surface area contributed by atoms with Crippen LogP contribution in [-0.2, 0) is 25.5 Å². The lowest BCUT2D eigenvalue weighted by atomic mass is 10.1. The summed E-state index contributed by atoms with van der Waals surface area (Å²) in [5, 5.41) is 3.31. The molecular formula is C20H27ClN2O5. The first-order chi connectivity index (χ1) is 13.1. The van der Waals surface area contributed by atoms with Gasteiger partial charge in [0.05, 0.1) is 7.11 Å². The summed E-state index contributed by atoms with van der Waals surface area (Å²) in [6, 6.07) is 5.47. The molecule has 0 radical (unpaired) electrons. The molecule has 2 rings (SSSR count). The van der Waals surface area contributed by atoms with Gasteiger partial charge in [-0.05, 0) is 51.3 Å². The highest BCUT2D eigenvalue weighted by atomic mass is 35.5. The van der Waals surface area contributed by atoms with E-state index in [0.29, 0.717) is 24.4 Å². The molecule has 154 valence electrons. The molecular weight excluding hydrogens is 384 g/mol. The first kappa shape index (κ1) is 22.0. The van der Waals surface area contributed by atoms with Crippen molar-refractivity contribution in [3.8, 4) is 0 Å². The minimum atomic E-state index is -0.861. The van der Waals surface area contributed by atoms with Gasteiger partial charge in [-0.25, -0.2) is 9.59 Å². The van der Waals surface area contributed by atoms with Gasteiger partial charge in [0.25, 0.3) is 0 Å². The number of benzene rings is 1. The van der Waals surface area contributed by atoms with Crippen molar-refractivity contribution in [1.29, 1.82) is 0 Å². The van der Waals surface area contributed by atoms with Gasteiger partial charge in [-0.1, -0.05) is 23.7 Å². The summed E-state index contributed by atoms with van der Waals surface area (Å²) in [6.07, 6.45) is 0.934. The third kappa shape index (κ3) is 6.12. The van der Waals surface area contributed by atoms with E-state index in [9.17, 15) is 14.4 Å². The Balaban J connectivity index is 2.08. The van der Waals surface area contributed by atoms with Gasteiger partial charge in [0.1, 0.15) is 17.7 Å². The van der Waals surface area contributed by atoms with Crippen molar-refractivity contribution in [2.45, 2.75) is 57.7 Å². The first-order valence-corrected chi connectivity index (χ1v) is 9.61. The standard InChI is InChI=1S/C20H27ClN2O5/c1-20(2,3)28-19(26)23-11-5-6-16(23)17(24)22-15(18(25)27-4)12-13-7-9-14(21)10-8-13/h7-10,15-16H,5-6,11-12H2,1-4H3,(H,22,24). The van der Waals surface area contributed by atoms with E-state index < -0.39 is 35.7 Å². The first-order valence-electron chi connectivity index (χ1n) is 9.23. The van der Waals surface area contributed by atoms with Crippen molar-refractivity contribution in [1.82, 2.24) is 10.2 Å². The van der Waals surface area contributed by atoms with Crippen LogP contribution in [0, 0.1) is 0 Å². The van der Waals surface area contributed by atoms with Crippen LogP contribution < -0.4 is 5.32 Å². The average Bonchev–Trinajstić information content (AvgIpc) is 3.11. The summed E-state index contributed by atoms with van der Waals surface area (Å²) in [5.41, 5.74) is 0.180. The molecule has 0 bridgehead atoms. The van der Waals surface area contributed by atoms with Crippen LogP contribution in [0.2, 0.25) is 5.02 Å². The van der Waals surface area contributed by atoms with E-state index in [1.165, 1.54) is 12.0 Å². The second kappa shape index (κ2) is 9.28. The molecule has 1 aliphatic heterocycles. The molecule has 0 saturated carbocycles. The highest BCUT2D eigenvalue weighted by Gasteiger charge is 2.38. The van der Waals surface area contributed by atoms with Crippen molar-refractivity contribution in [3.63, 3.8) is 0 Å². The van der Waals surface area contributed by atoms with Gasteiger partial charge in [-0.3, -0.25) is 9.69 Å². The Hall–Kier alpha value is -2.28. The number of nitrogens with zero attached hydrogens (tertiary/aromatic N) is 1. The maximum Gasteiger partial charge on any atom is 0.410 e. The second-order valence-electron chi connectivity index (χ2n) is 7.75. The van der Waals surface area contributed by atoms with E-state index in [2.05, 4.69) is 5.32 Å². The van der Waals surface area contributed by atoms with Crippen LogP contribution in [0.3, 0.4) is 0 Å². The van der Waals surface area contributed by atoms with E-state index in [4.69, 9.17) is 21.1 Å². The predicted octanol–water partition coefficient (Wildman–Crippen LogP) is 2.94. The Labute approximate surface area is 170 Å². The zero-order chi connectivity index (χ0) is 20.9. The molecule has 1 heterocycles. The van der Waals surface area contributed by atoms with Crippen molar-refractivity contribution in [2.24, 2.45) is 0 Å². The summed E-state index contributed by atoms with van der Waals surface area (Å²) < 4.78 is 10.2. The van der Waals surface area contributed by atoms with Gasteiger partial charge in [0.2, 0.25) is 5.91 Å². The number of esters is 1. The number of carbonyl (C=O) groups excluding carboxylic acids is 3. The fraction of sp³-hybridized carbons (Fsp3) is 0.550. The molecule has 0 spiro atoms. The largest absolute Gasteiger partial charge is 0.467 e. The van der Waals surface area contributed by atoms with Gasteiger partial charge in [0, 0.05) is 18.0 Å². The van der Waals surface area contributed by atoms with Crippen LogP contribution in [0.25, 0.3) is 0 Å². The van der Waals surface area contributed by atoms with Crippen LogP contribution in [0.5, 0.6) is 0 Å². The Morgan fingerprint density at radius 3 is 2.46 bits per heavy atom. The number of hydrogen-bond acceptors (Lipinski definition) is 5. The van der Waals surface area contributed by atoms with Crippen LogP contribution in [0.1, 0.15) is 39.2 Å². The third-order valence-corrected chi connectivity index (χ3v) is 4.59. The van der Waals surface area contributed by atoms with E-state index in [0.717, 1.165) is 5.56 Å². The summed E-state index contributed by atoms with van der Waals surface area (Å²) >= 11 is 5.89. The summed E-state index contributed by atoms with van der Waals surface area (Å²) in [4.78, 5) is 38.8. The number of likely N-dealkylation sites (tertiary alicyclic amines) is 1. The summed E-state index contributed by atoms with van der Waals surface area (Å²) in [6.45, 7) is 5.76. The average molecular weight is 411 g/mol. The Morgan fingerprint density at radius 2 is 1.89 bits per heavy atom. The maximum absolute atomic E-state index is 12.8. The minimum Gasteiger partial charge on any atom is -0.467 e. The number of nitrogens with one attached hydrogen (secondary N) is 1. The van der Waals surface area contributed by atoms with Crippen molar-refractivity contribution in [3.05, 3.63) is 34.9 Å². The molecule has 7 nitrogen and oxygen atoms in total. The van der Waals surface area contributed by atoms with Crippen molar-refractivity contribution >= 4 is 29.6 Å². The van der Waals surface area contributed by atoms with Crippen LogP contribution in [0.15, 0.2) is 24.3 Å². The molecule has 0 aliphatic carbocycles. The smallest absolute Gasteiger partial charge is 0.410 e. The van der Waals surface area contributed by atoms with Crippen LogP contribution >= 0.6 is 11.6 Å². The molecule has 0 aromatic heterocycles. The second-order valence-corrected chi connectivity index (χ2v) is 8.18. The number of hydrogen-bond donors (Lipinski definition) is 1. The van der Waals surface area contributed by atoms with E-state index in [-0.39, 0.29) is 6.42 Å². The minimum absolute atomic E-state index is 0.259. The monoisotopic (exact) mass is 410 g/mol. The number of halogens is 1. The predicted molar refractivity (Wildman–Crippen MR) is 105 cm³/mol. The Kier molecular flexibility index (Phi) is 7.29. The topological polar surface area (TPSA) is 84.9 Å². The SMILES string of the molecule is COC(=O)C(Cc1ccc(Cl)cc1)NC(=O)C1CCCN1C(=O)OC(C)(C)C. The lowest BCUT2D eigenvalue weighted by molar-refractivity contribution is -0.145. The maximum atomic E-state index is 12.8. The number of rotatable bonds is 5. The fourth-order valence-corrected chi connectivity index (χ4v) is 3.16. The molecule has 28 heavy (non-hydrogen) atoms. The summed E-state index contributed by atoms with van der Waals surface area (Å²) in [5.74, 6) is -0.946. The molecule has 2 atom stereocenters. The fourth-order valence-electron chi connectivity index (χ4n) is 3.04. The number of ether oxygens (including phenoxy) is 2. The summed E-state index contributed by atoms with van der Waals surface area (Å²) in [7, 11) is 1.27. The molecule has 1 aromatic rings. The molecule has 1 saturated heterocycles. The van der Waals surface area contributed by atoms with Gasteiger partial charge in [-0.2, -0.15) is 0 Å². The number of amides is 2. The Morgan fingerprint density at radius 1 is 1.25 bits per heavy atom. The van der Waals surface area contributed by atoms with Crippen LogP contribution in [-0.4, -0.2) is 54.2 Å². The molecule has 2 amide bonds. The zero-order valence-electron chi connectivity index (χ0n) is 16.7. The molecule has 1 fully saturated rings. The normalized spacial score (nSPS) is 17.8. The number of methoxy groups -OCH3 is 1. The lowest BCUT2D eigenvalue weighted by Crippen LogP contribution is -2.52. The van der Waals surface area contributed by atoms with E-state index >= 15 is 0 Å².